The van der Waals surface area contributed by atoms with E-state index in [-0.39, 0.29) is 28.0 Å². The van der Waals surface area contributed by atoms with Gasteiger partial charge in [-0.15, -0.1) is 0 Å². The zero-order valence-electron chi connectivity index (χ0n) is 14.6. The zero-order chi connectivity index (χ0) is 19.7. The summed E-state index contributed by atoms with van der Waals surface area (Å²) in [6.45, 7) is 6.97. The Hall–Kier alpha value is -2.35. The van der Waals surface area contributed by atoms with Crippen LogP contribution in [0.1, 0.15) is 42.6 Å². The van der Waals surface area contributed by atoms with Crippen molar-refractivity contribution in [3.05, 3.63) is 46.4 Å². The monoisotopic (exact) mass is 386 g/mol. The van der Waals surface area contributed by atoms with E-state index >= 15 is 0 Å². The summed E-state index contributed by atoms with van der Waals surface area (Å²) < 4.78 is 39.6. The molecule has 0 saturated heterocycles. The van der Waals surface area contributed by atoms with Crippen LogP contribution in [0, 0.1) is 6.92 Å². The molecule has 1 heterocycles. The minimum atomic E-state index is -4.60. The van der Waals surface area contributed by atoms with Crippen molar-refractivity contribution in [3.63, 3.8) is 0 Å². The van der Waals surface area contributed by atoms with Crippen LogP contribution in [0.5, 0.6) is 0 Å². The van der Waals surface area contributed by atoms with E-state index in [2.05, 4.69) is 20.6 Å². The summed E-state index contributed by atoms with van der Waals surface area (Å²) in [6.07, 6.45) is -4.60. The molecule has 0 aliphatic carbocycles. The minimum absolute atomic E-state index is 0.0352. The van der Waals surface area contributed by atoms with Gasteiger partial charge in [0.15, 0.2) is 0 Å². The van der Waals surface area contributed by atoms with Gasteiger partial charge in [0.05, 0.1) is 11.3 Å². The Kier molecular flexibility index (Phi) is 5.46. The number of rotatable bonds is 3. The quantitative estimate of drug-likeness (QED) is 0.800. The Labute approximate surface area is 154 Å². The molecule has 1 aromatic carbocycles. The molecule has 0 spiro atoms. The van der Waals surface area contributed by atoms with E-state index < -0.39 is 23.2 Å². The number of hydrogen-bond donors (Lipinski definition) is 2. The van der Waals surface area contributed by atoms with Crippen LogP contribution in [0.15, 0.2) is 24.3 Å². The molecule has 0 bridgehead atoms. The van der Waals surface area contributed by atoms with Gasteiger partial charge in [-0.05, 0) is 45.9 Å². The van der Waals surface area contributed by atoms with Gasteiger partial charge in [0.2, 0.25) is 0 Å². The van der Waals surface area contributed by atoms with Crippen LogP contribution >= 0.6 is 11.6 Å². The summed E-state index contributed by atoms with van der Waals surface area (Å²) in [7, 11) is 0. The summed E-state index contributed by atoms with van der Waals surface area (Å²) in [5.74, 6) is -0.126. The maximum atomic E-state index is 13.2. The first-order chi connectivity index (χ1) is 11.8. The largest absolute Gasteiger partial charge is 0.418 e. The van der Waals surface area contributed by atoms with Crippen LogP contribution in [0.2, 0.25) is 5.02 Å². The number of hydrogen-bond acceptors (Lipinski definition) is 4. The van der Waals surface area contributed by atoms with E-state index in [1.54, 1.807) is 27.7 Å². The molecule has 2 N–H and O–H groups in total. The van der Waals surface area contributed by atoms with Gasteiger partial charge in [0.1, 0.15) is 17.3 Å². The minimum Gasteiger partial charge on any atom is -0.346 e. The molecule has 140 valence electrons. The van der Waals surface area contributed by atoms with Gasteiger partial charge >= 0.3 is 6.18 Å². The highest BCUT2D eigenvalue weighted by Gasteiger charge is 2.34. The number of nitrogens with zero attached hydrogens (tertiary/aromatic N) is 2. The third-order valence-corrected chi connectivity index (χ3v) is 3.34. The first kappa shape index (κ1) is 20.0. The van der Waals surface area contributed by atoms with Crippen LogP contribution in [0.3, 0.4) is 0 Å². The standard InChI is InChI=1S/C17H18ClF3N4O/c1-9-22-13(15(26)25-16(2,3)4)8-14(23-9)24-12-6-5-10(18)7-11(12)17(19,20)21/h5-8H,1-4H3,(H,25,26)(H,22,23,24). The Bertz CT molecular complexity index is 832. The van der Waals surface area contributed by atoms with Gasteiger partial charge in [0.25, 0.3) is 5.91 Å². The highest BCUT2D eigenvalue weighted by atomic mass is 35.5. The second kappa shape index (κ2) is 7.11. The van der Waals surface area contributed by atoms with Crippen LogP contribution in [0.25, 0.3) is 0 Å². The zero-order valence-corrected chi connectivity index (χ0v) is 15.4. The van der Waals surface area contributed by atoms with Gasteiger partial charge < -0.3 is 10.6 Å². The highest BCUT2D eigenvalue weighted by Crippen LogP contribution is 2.37. The summed E-state index contributed by atoms with van der Waals surface area (Å²) in [5.41, 5.74) is -1.58. The summed E-state index contributed by atoms with van der Waals surface area (Å²) in [4.78, 5) is 20.4. The Morgan fingerprint density at radius 3 is 2.35 bits per heavy atom. The van der Waals surface area contributed by atoms with Crippen molar-refractivity contribution in [2.75, 3.05) is 5.32 Å². The van der Waals surface area contributed by atoms with E-state index in [1.807, 2.05) is 0 Å². The van der Waals surface area contributed by atoms with Crippen molar-refractivity contribution in [1.29, 1.82) is 0 Å². The van der Waals surface area contributed by atoms with E-state index in [9.17, 15) is 18.0 Å². The molecule has 0 unspecified atom stereocenters. The number of anilines is 2. The van der Waals surface area contributed by atoms with E-state index in [0.717, 1.165) is 6.07 Å². The third kappa shape index (κ3) is 5.32. The van der Waals surface area contributed by atoms with Crippen molar-refractivity contribution in [2.24, 2.45) is 0 Å². The molecule has 9 heteroatoms. The first-order valence-electron chi connectivity index (χ1n) is 7.67. The second-order valence-electron chi connectivity index (χ2n) is 6.70. The van der Waals surface area contributed by atoms with Crippen molar-refractivity contribution in [1.82, 2.24) is 15.3 Å². The predicted octanol–water partition coefficient (Wildman–Crippen LogP) is 4.73. The summed E-state index contributed by atoms with van der Waals surface area (Å²) >= 11 is 5.67. The van der Waals surface area contributed by atoms with Crippen LogP contribution in [0.4, 0.5) is 24.7 Å². The summed E-state index contributed by atoms with van der Waals surface area (Å²) in [5, 5.41) is 5.30. The number of carbonyl (C=O) groups is 1. The lowest BCUT2D eigenvalue weighted by Gasteiger charge is -2.20. The van der Waals surface area contributed by atoms with Gasteiger partial charge in [0, 0.05) is 16.6 Å². The predicted molar refractivity (Wildman–Crippen MR) is 93.7 cm³/mol. The number of carbonyl (C=O) groups excluding carboxylic acids is 1. The Morgan fingerprint density at radius 2 is 1.77 bits per heavy atom. The number of alkyl halides is 3. The molecule has 0 aliphatic heterocycles. The van der Waals surface area contributed by atoms with Crippen LogP contribution in [-0.4, -0.2) is 21.4 Å². The van der Waals surface area contributed by atoms with Gasteiger partial charge in [-0.3, -0.25) is 4.79 Å². The van der Waals surface area contributed by atoms with Crippen LogP contribution < -0.4 is 10.6 Å². The fourth-order valence-corrected chi connectivity index (χ4v) is 2.32. The fourth-order valence-electron chi connectivity index (χ4n) is 2.15. The van der Waals surface area contributed by atoms with Gasteiger partial charge in [-0.2, -0.15) is 13.2 Å². The third-order valence-electron chi connectivity index (χ3n) is 3.11. The molecule has 5 nitrogen and oxygen atoms in total. The lowest BCUT2D eigenvalue weighted by Crippen LogP contribution is -2.41. The van der Waals surface area contributed by atoms with Crippen molar-refractivity contribution in [3.8, 4) is 0 Å². The Morgan fingerprint density at radius 1 is 1.12 bits per heavy atom. The molecular weight excluding hydrogens is 369 g/mol. The molecule has 0 radical (unpaired) electrons. The SMILES string of the molecule is Cc1nc(Nc2ccc(Cl)cc2C(F)(F)F)cc(C(=O)NC(C)(C)C)n1. The molecule has 0 saturated carbocycles. The number of aryl methyl sites for hydroxylation is 1. The smallest absolute Gasteiger partial charge is 0.346 e. The molecule has 0 fully saturated rings. The van der Waals surface area contributed by atoms with Crippen molar-refractivity contribution in [2.45, 2.75) is 39.4 Å². The molecule has 1 aromatic heterocycles. The number of nitrogens with one attached hydrogen (secondary N) is 2. The summed E-state index contributed by atoms with van der Waals surface area (Å²) in [6, 6.07) is 4.66. The van der Waals surface area contributed by atoms with E-state index in [4.69, 9.17) is 11.6 Å². The molecule has 1 amide bonds. The van der Waals surface area contributed by atoms with E-state index in [1.165, 1.54) is 18.2 Å². The number of amides is 1. The topological polar surface area (TPSA) is 66.9 Å². The van der Waals surface area contributed by atoms with Crippen molar-refractivity contribution >= 4 is 29.0 Å². The number of halogens is 4. The van der Waals surface area contributed by atoms with E-state index in [0.29, 0.717) is 0 Å². The average Bonchev–Trinajstić information content (AvgIpc) is 2.45. The highest BCUT2D eigenvalue weighted by molar-refractivity contribution is 6.30. The average molecular weight is 387 g/mol. The molecule has 0 atom stereocenters. The van der Waals surface area contributed by atoms with Crippen molar-refractivity contribution < 1.29 is 18.0 Å². The fraction of sp³-hybridized carbons (Fsp3) is 0.353. The maximum absolute atomic E-state index is 13.2. The first-order valence-corrected chi connectivity index (χ1v) is 8.05. The number of aromatic nitrogens is 2. The molecule has 2 aromatic rings. The maximum Gasteiger partial charge on any atom is 0.418 e. The van der Waals surface area contributed by atoms with Gasteiger partial charge in [-0.1, -0.05) is 11.6 Å². The molecule has 26 heavy (non-hydrogen) atoms. The normalized spacial score (nSPS) is 12.0. The Balaban J connectivity index is 2.38. The molecule has 0 aliphatic rings. The van der Waals surface area contributed by atoms with Crippen LogP contribution in [-0.2, 0) is 6.18 Å². The lowest BCUT2D eigenvalue weighted by atomic mass is 10.1. The molecular formula is C17H18ClF3N4O. The second-order valence-corrected chi connectivity index (χ2v) is 7.14. The number of benzene rings is 1. The lowest BCUT2D eigenvalue weighted by molar-refractivity contribution is -0.136. The van der Waals surface area contributed by atoms with Gasteiger partial charge in [-0.25, -0.2) is 9.97 Å². The molecule has 2 rings (SSSR count).